The summed E-state index contributed by atoms with van der Waals surface area (Å²) in [5, 5.41) is 2.98. The predicted octanol–water partition coefficient (Wildman–Crippen LogP) is 3.38. The molecule has 1 heterocycles. The van der Waals surface area contributed by atoms with Crippen LogP contribution in [0.25, 0.3) is 0 Å². The molecule has 0 spiro atoms. The van der Waals surface area contributed by atoms with Crippen molar-refractivity contribution >= 4 is 33.2 Å². The van der Waals surface area contributed by atoms with Gasteiger partial charge in [0.05, 0.1) is 17.4 Å². The highest BCUT2D eigenvalue weighted by atomic mass is 32.2. The van der Waals surface area contributed by atoms with Crippen molar-refractivity contribution in [1.82, 2.24) is 0 Å². The number of carbonyl (C=O) groups excluding carboxylic acids is 2. The van der Waals surface area contributed by atoms with Crippen LogP contribution in [0.15, 0.2) is 42.5 Å². The Morgan fingerprint density at radius 2 is 1.64 bits per heavy atom. The second-order valence-electron chi connectivity index (χ2n) is 6.94. The third kappa shape index (κ3) is 3.67. The highest BCUT2D eigenvalue weighted by molar-refractivity contribution is 7.94. The molecule has 1 saturated heterocycles. The van der Waals surface area contributed by atoms with Crippen molar-refractivity contribution < 1.29 is 18.0 Å². The number of para-hydroxylation sites is 1. The molecule has 1 fully saturated rings. The minimum Gasteiger partial charge on any atom is -0.321 e. The monoisotopic (exact) mass is 400 g/mol. The lowest BCUT2D eigenvalue weighted by Crippen LogP contribution is -2.30. The standard InChI is InChI=1S/C21H24N2O4S/c1-4-15-7-6-8-16(5-2)19(15)22-20(24)17-9-11-18(12-10-17)23-21(25)14(3)13-28(23,26)27/h6-12,14H,4-5,13H2,1-3H3,(H,22,24)/t14-/m1/s1. The molecule has 3 rings (SSSR count). The summed E-state index contributed by atoms with van der Waals surface area (Å²) < 4.78 is 25.3. The molecule has 0 aromatic heterocycles. The maximum Gasteiger partial charge on any atom is 0.255 e. The van der Waals surface area contributed by atoms with Crippen molar-refractivity contribution in [3.63, 3.8) is 0 Å². The Bertz CT molecular complexity index is 991. The first kappa shape index (κ1) is 20.1. The van der Waals surface area contributed by atoms with Crippen molar-refractivity contribution in [2.45, 2.75) is 33.6 Å². The van der Waals surface area contributed by atoms with E-state index in [-0.39, 0.29) is 17.3 Å². The molecule has 28 heavy (non-hydrogen) atoms. The van der Waals surface area contributed by atoms with E-state index in [4.69, 9.17) is 0 Å². The van der Waals surface area contributed by atoms with E-state index in [1.54, 1.807) is 6.92 Å². The average Bonchev–Trinajstić information content (AvgIpc) is 2.88. The zero-order chi connectivity index (χ0) is 20.5. The largest absolute Gasteiger partial charge is 0.321 e. The van der Waals surface area contributed by atoms with Gasteiger partial charge in [-0.05, 0) is 48.2 Å². The number of hydrogen-bond donors (Lipinski definition) is 1. The van der Waals surface area contributed by atoms with Crippen molar-refractivity contribution in [2.24, 2.45) is 5.92 Å². The number of hydrogen-bond acceptors (Lipinski definition) is 4. The molecule has 1 aliphatic rings. The third-order valence-electron chi connectivity index (χ3n) is 4.96. The Labute approximate surface area is 165 Å². The van der Waals surface area contributed by atoms with Gasteiger partial charge in [-0.3, -0.25) is 9.59 Å². The molecule has 2 aromatic rings. The molecule has 0 saturated carbocycles. The van der Waals surface area contributed by atoms with Gasteiger partial charge < -0.3 is 5.32 Å². The third-order valence-corrected chi connectivity index (χ3v) is 6.83. The second-order valence-corrected chi connectivity index (χ2v) is 8.80. The number of anilines is 2. The lowest BCUT2D eigenvalue weighted by molar-refractivity contribution is -0.119. The molecule has 148 valence electrons. The molecule has 2 amide bonds. The summed E-state index contributed by atoms with van der Waals surface area (Å²) in [6.07, 6.45) is 1.60. The van der Waals surface area contributed by atoms with Gasteiger partial charge in [-0.25, -0.2) is 12.7 Å². The molecule has 0 bridgehead atoms. The fourth-order valence-corrected chi connectivity index (χ4v) is 5.24. The molecule has 1 N–H and O–H groups in total. The Morgan fingerprint density at radius 1 is 1.07 bits per heavy atom. The molecule has 1 atom stereocenters. The molecule has 0 radical (unpaired) electrons. The fourth-order valence-electron chi connectivity index (χ4n) is 3.42. The van der Waals surface area contributed by atoms with Crippen LogP contribution in [-0.2, 0) is 27.7 Å². The highest BCUT2D eigenvalue weighted by Gasteiger charge is 2.41. The quantitative estimate of drug-likeness (QED) is 0.834. The number of aryl methyl sites for hydroxylation is 2. The van der Waals surface area contributed by atoms with Crippen LogP contribution in [-0.4, -0.2) is 26.0 Å². The fraction of sp³-hybridized carbons (Fsp3) is 0.333. The van der Waals surface area contributed by atoms with E-state index >= 15 is 0 Å². The number of nitrogens with one attached hydrogen (secondary N) is 1. The van der Waals surface area contributed by atoms with Gasteiger partial charge in [-0.2, -0.15) is 0 Å². The van der Waals surface area contributed by atoms with Crippen LogP contribution in [0, 0.1) is 5.92 Å². The smallest absolute Gasteiger partial charge is 0.255 e. The molecule has 0 aliphatic carbocycles. The molecule has 2 aromatic carbocycles. The summed E-state index contributed by atoms with van der Waals surface area (Å²) in [6, 6.07) is 12.0. The zero-order valence-corrected chi connectivity index (χ0v) is 17.0. The number of nitrogens with zero attached hydrogens (tertiary/aromatic N) is 1. The number of sulfonamides is 1. The second kappa shape index (κ2) is 7.75. The first-order chi connectivity index (χ1) is 13.3. The maximum absolute atomic E-state index is 12.7. The van der Waals surface area contributed by atoms with E-state index in [0.717, 1.165) is 34.0 Å². The maximum atomic E-state index is 12.7. The molecule has 0 unspecified atom stereocenters. The van der Waals surface area contributed by atoms with Crippen LogP contribution < -0.4 is 9.62 Å². The minimum absolute atomic E-state index is 0.193. The number of carbonyl (C=O) groups is 2. The number of rotatable bonds is 5. The van der Waals surface area contributed by atoms with Crippen LogP contribution in [0.5, 0.6) is 0 Å². The minimum atomic E-state index is -3.65. The Kier molecular flexibility index (Phi) is 5.56. The number of benzene rings is 2. The summed E-state index contributed by atoms with van der Waals surface area (Å²) in [7, 11) is -3.65. The topological polar surface area (TPSA) is 83.6 Å². The van der Waals surface area contributed by atoms with E-state index in [0.29, 0.717) is 5.56 Å². The normalized spacial score (nSPS) is 18.3. The van der Waals surface area contributed by atoms with Crippen LogP contribution in [0.1, 0.15) is 42.3 Å². The van der Waals surface area contributed by atoms with E-state index in [1.807, 2.05) is 32.0 Å². The summed E-state index contributed by atoms with van der Waals surface area (Å²) in [5.74, 6) is -1.47. The lowest BCUT2D eigenvalue weighted by atomic mass is 10.0. The summed E-state index contributed by atoms with van der Waals surface area (Å²) in [6.45, 7) is 5.67. The molecule has 7 heteroatoms. The van der Waals surface area contributed by atoms with Crippen molar-refractivity contribution in [3.05, 3.63) is 59.2 Å². The summed E-state index contributed by atoms with van der Waals surface area (Å²) >= 11 is 0. The van der Waals surface area contributed by atoms with Crippen LogP contribution >= 0.6 is 0 Å². The van der Waals surface area contributed by atoms with Crippen LogP contribution in [0.2, 0.25) is 0 Å². The average molecular weight is 401 g/mol. The van der Waals surface area contributed by atoms with Gasteiger partial charge in [0.2, 0.25) is 15.9 Å². The summed E-state index contributed by atoms with van der Waals surface area (Å²) in [4.78, 5) is 24.9. The Morgan fingerprint density at radius 3 is 2.11 bits per heavy atom. The van der Waals surface area contributed by atoms with Gasteiger partial charge >= 0.3 is 0 Å². The molecular formula is C21H24N2O4S. The molecule has 1 aliphatic heterocycles. The van der Waals surface area contributed by atoms with E-state index < -0.39 is 21.8 Å². The number of amides is 2. The van der Waals surface area contributed by atoms with Gasteiger partial charge in [0.1, 0.15) is 0 Å². The molecule has 6 nitrogen and oxygen atoms in total. The highest BCUT2D eigenvalue weighted by Crippen LogP contribution is 2.29. The van der Waals surface area contributed by atoms with Crippen LogP contribution in [0.3, 0.4) is 0 Å². The van der Waals surface area contributed by atoms with Gasteiger partial charge in [-0.1, -0.05) is 39.0 Å². The van der Waals surface area contributed by atoms with Crippen molar-refractivity contribution in [3.8, 4) is 0 Å². The first-order valence-corrected chi connectivity index (χ1v) is 11.0. The predicted molar refractivity (Wildman–Crippen MR) is 110 cm³/mol. The van der Waals surface area contributed by atoms with Crippen molar-refractivity contribution in [2.75, 3.05) is 15.4 Å². The first-order valence-electron chi connectivity index (χ1n) is 9.37. The SMILES string of the molecule is CCc1cccc(CC)c1NC(=O)c1ccc(N2C(=O)[C@H](C)CS2(=O)=O)cc1. The van der Waals surface area contributed by atoms with E-state index in [9.17, 15) is 18.0 Å². The van der Waals surface area contributed by atoms with E-state index in [1.165, 1.54) is 24.3 Å². The van der Waals surface area contributed by atoms with Gasteiger partial charge in [-0.15, -0.1) is 0 Å². The van der Waals surface area contributed by atoms with Gasteiger partial charge in [0.25, 0.3) is 5.91 Å². The van der Waals surface area contributed by atoms with Gasteiger partial charge in [0.15, 0.2) is 0 Å². The van der Waals surface area contributed by atoms with Crippen LogP contribution in [0.4, 0.5) is 11.4 Å². The summed E-state index contributed by atoms with van der Waals surface area (Å²) in [5.41, 5.74) is 3.61. The van der Waals surface area contributed by atoms with Crippen molar-refractivity contribution in [1.29, 1.82) is 0 Å². The lowest BCUT2D eigenvalue weighted by Gasteiger charge is -2.16. The van der Waals surface area contributed by atoms with E-state index in [2.05, 4.69) is 5.32 Å². The zero-order valence-electron chi connectivity index (χ0n) is 16.2. The Balaban J connectivity index is 1.85. The Hall–Kier alpha value is -2.67. The molecular weight excluding hydrogens is 376 g/mol. The van der Waals surface area contributed by atoms with Gasteiger partial charge in [0, 0.05) is 11.3 Å².